The fraction of sp³-hybridized carbons (Fsp3) is 0.214. The van der Waals surface area contributed by atoms with Crippen LogP contribution in [-0.4, -0.2) is 33.1 Å². The number of carbonyl (C=O) groups excluding carboxylic acids is 1. The Bertz CT molecular complexity index is 1540. The van der Waals surface area contributed by atoms with Crippen molar-refractivity contribution in [3.05, 3.63) is 77.5 Å². The summed E-state index contributed by atoms with van der Waals surface area (Å²) in [5.41, 5.74) is 3.46. The molecule has 5 rings (SSSR count). The van der Waals surface area contributed by atoms with Gasteiger partial charge in [-0.25, -0.2) is 9.37 Å². The standard InChI is InChI=1S/C28H25FN4O4/c1-16-25(17-6-4-3-5-7-17)27(34)19(15-31-16)28(35)32-18-8-10-22(20(29)14-18)37-23-12-13-30-21-9-11-24(36-2)33-26(21)23/h6,8-15H,3-5,7H2,1-2H3,(H,31,34)(H,32,35). The fourth-order valence-electron chi connectivity index (χ4n) is 4.37. The zero-order valence-electron chi connectivity index (χ0n) is 20.4. The molecular weight excluding hydrogens is 475 g/mol. The van der Waals surface area contributed by atoms with Gasteiger partial charge in [-0.15, -0.1) is 0 Å². The van der Waals surface area contributed by atoms with Gasteiger partial charge in [0.25, 0.3) is 5.91 Å². The fourth-order valence-corrected chi connectivity index (χ4v) is 4.37. The van der Waals surface area contributed by atoms with Gasteiger partial charge in [0.2, 0.25) is 5.88 Å². The number of nitrogens with zero attached hydrogens (tertiary/aromatic N) is 3. The van der Waals surface area contributed by atoms with Crippen molar-refractivity contribution in [2.24, 2.45) is 0 Å². The molecule has 0 bridgehead atoms. The molecule has 8 nitrogen and oxygen atoms in total. The van der Waals surface area contributed by atoms with Gasteiger partial charge in [0.1, 0.15) is 16.8 Å². The van der Waals surface area contributed by atoms with Crippen LogP contribution in [0.4, 0.5) is 10.1 Å². The number of carbonyl (C=O) groups is 1. The molecule has 2 N–H and O–H groups in total. The van der Waals surface area contributed by atoms with E-state index in [0.717, 1.165) is 37.3 Å². The largest absolute Gasteiger partial charge is 0.506 e. The number of halogens is 1. The van der Waals surface area contributed by atoms with Gasteiger partial charge >= 0.3 is 0 Å². The maximum atomic E-state index is 15.0. The van der Waals surface area contributed by atoms with Crippen molar-refractivity contribution in [2.75, 3.05) is 12.4 Å². The summed E-state index contributed by atoms with van der Waals surface area (Å²) in [6.45, 7) is 1.80. The number of aryl methyl sites for hydroxylation is 1. The first kappa shape index (κ1) is 24.2. The Morgan fingerprint density at radius 3 is 2.73 bits per heavy atom. The summed E-state index contributed by atoms with van der Waals surface area (Å²) in [5.74, 6) is -0.773. The van der Waals surface area contributed by atoms with Crippen LogP contribution in [0.3, 0.4) is 0 Å². The highest BCUT2D eigenvalue weighted by Gasteiger charge is 2.21. The van der Waals surface area contributed by atoms with E-state index in [9.17, 15) is 14.3 Å². The lowest BCUT2D eigenvalue weighted by atomic mass is 9.91. The van der Waals surface area contributed by atoms with Gasteiger partial charge in [0, 0.05) is 47.5 Å². The minimum absolute atomic E-state index is 0.0242. The Morgan fingerprint density at radius 1 is 1.11 bits per heavy atom. The number of aromatic hydroxyl groups is 1. The summed E-state index contributed by atoms with van der Waals surface area (Å²) in [5, 5.41) is 13.5. The number of allylic oxidation sites excluding steroid dienone is 2. The third kappa shape index (κ3) is 4.93. The average molecular weight is 501 g/mol. The monoisotopic (exact) mass is 500 g/mol. The molecule has 188 valence electrons. The van der Waals surface area contributed by atoms with Crippen molar-refractivity contribution in [1.29, 1.82) is 0 Å². The summed E-state index contributed by atoms with van der Waals surface area (Å²) < 4.78 is 25.9. The molecule has 0 unspecified atom stereocenters. The molecule has 0 spiro atoms. The zero-order valence-corrected chi connectivity index (χ0v) is 20.4. The minimum atomic E-state index is -0.690. The third-order valence-corrected chi connectivity index (χ3v) is 6.24. The highest BCUT2D eigenvalue weighted by Crippen LogP contribution is 2.36. The molecule has 1 aliphatic carbocycles. The zero-order chi connectivity index (χ0) is 25.9. The van der Waals surface area contributed by atoms with Crippen molar-refractivity contribution in [1.82, 2.24) is 15.0 Å². The van der Waals surface area contributed by atoms with Crippen LogP contribution in [0, 0.1) is 12.7 Å². The maximum Gasteiger partial charge on any atom is 0.261 e. The molecule has 0 saturated heterocycles. The molecule has 3 aromatic heterocycles. The van der Waals surface area contributed by atoms with Gasteiger partial charge < -0.3 is 19.9 Å². The number of rotatable bonds is 6. The van der Waals surface area contributed by atoms with Gasteiger partial charge in [0.15, 0.2) is 17.3 Å². The predicted octanol–water partition coefficient (Wildman–Crippen LogP) is 6.19. The number of ether oxygens (including phenoxy) is 2. The first-order valence-corrected chi connectivity index (χ1v) is 11.9. The van der Waals surface area contributed by atoms with E-state index < -0.39 is 11.7 Å². The first-order chi connectivity index (χ1) is 17.9. The average Bonchev–Trinajstić information content (AvgIpc) is 2.90. The Hall–Kier alpha value is -4.53. The number of methoxy groups -OCH3 is 1. The van der Waals surface area contributed by atoms with E-state index in [4.69, 9.17) is 9.47 Å². The molecule has 0 fully saturated rings. The van der Waals surface area contributed by atoms with E-state index in [1.54, 1.807) is 25.1 Å². The highest BCUT2D eigenvalue weighted by atomic mass is 19.1. The minimum Gasteiger partial charge on any atom is -0.506 e. The van der Waals surface area contributed by atoms with Crippen LogP contribution in [0.5, 0.6) is 23.1 Å². The number of fused-ring (bicyclic) bond motifs is 1. The summed E-state index contributed by atoms with van der Waals surface area (Å²) in [4.78, 5) is 25.9. The van der Waals surface area contributed by atoms with Crippen LogP contribution in [-0.2, 0) is 0 Å². The lowest BCUT2D eigenvalue weighted by Gasteiger charge is -2.17. The van der Waals surface area contributed by atoms with Crippen molar-refractivity contribution >= 4 is 28.2 Å². The molecular formula is C28H25FN4O4. The van der Waals surface area contributed by atoms with Gasteiger partial charge in [-0.05, 0) is 56.4 Å². The van der Waals surface area contributed by atoms with Gasteiger partial charge in [0.05, 0.1) is 12.6 Å². The number of amides is 1. The van der Waals surface area contributed by atoms with Crippen LogP contribution in [0.25, 0.3) is 16.6 Å². The van der Waals surface area contributed by atoms with E-state index in [1.807, 2.05) is 0 Å². The number of benzene rings is 1. The number of anilines is 1. The molecule has 0 aliphatic heterocycles. The van der Waals surface area contributed by atoms with E-state index >= 15 is 0 Å². The number of aromatic nitrogens is 3. The second kappa shape index (κ2) is 10.2. The summed E-state index contributed by atoms with van der Waals surface area (Å²) in [7, 11) is 1.50. The molecule has 1 aliphatic rings. The van der Waals surface area contributed by atoms with Crippen LogP contribution < -0.4 is 14.8 Å². The quantitative estimate of drug-likeness (QED) is 0.325. The lowest BCUT2D eigenvalue weighted by molar-refractivity contribution is 0.102. The summed E-state index contributed by atoms with van der Waals surface area (Å²) >= 11 is 0. The number of hydrogen-bond donors (Lipinski definition) is 2. The second-order valence-corrected chi connectivity index (χ2v) is 8.69. The Labute approximate surface area is 212 Å². The smallest absolute Gasteiger partial charge is 0.261 e. The number of nitrogens with one attached hydrogen (secondary N) is 1. The second-order valence-electron chi connectivity index (χ2n) is 8.69. The van der Waals surface area contributed by atoms with Crippen LogP contribution in [0.1, 0.15) is 47.3 Å². The molecule has 3 heterocycles. The molecule has 0 saturated carbocycles. The molecule has 0 atom stereocenters. The number of hydrogen-bond acceptors (Lipinski definition) is 7. The van der Waals surface area contributed by atoms with Crippen molar-refractivity contribution < 1.29 is 23.8 Å². The van der Waals surface area contributed by atoms with Gasteiger partial charge in [-0.3, -0.25) is 14.8 Å². The normalized spacial score (nSPS) is 13.2. The van der Waals surface area contributed by atoms with Gasteiger partial charge in [-0.2, -0.15) is 0 Å². The Balaban J connectivity index is 1.37. The molecule has 1 aromatic carbocycles. The summed E-state index contributed by atoms with van der Waals surface area (Å²) in [6, 6.07) is 9.05. The predicted molar refractivity (Wildman–Crippen MR) is 138 cm³/mol. The summed E-state index contributed by atoms with van der Waals surface area (Å²) in [6.07, 6.45) is 8.83. The lowest BCUT2D eigenvalue weighted by Crippen LogP contribution is -2.14. The van der Waals surface area contributed by atoms with E-state index in [-0.39, 0.29) is 22.7 Å². The molecule has 37 heavy (non-hydrogen) atoms. The molecule has 4 aromatic rings. The third-order valence-electron chi connectivity index (χ3n) is 6.24. The molecule has 9 heteroatoms. The van der Waals surface area contributed by atoms with E-state index in [2.05, 4.69) is 26.3 Å². The SMILES string of the molecule is COc1ccc2nccc(Oc3ccc(NC(=O)c4cnc(C)c(C5=CCCCC5)c4O)cc3F)c2n1. The highest BCUT2D eigenvalue weighted by molar-refractivity contribution is 6.07. The van der Waals surface area contributed by atoms with Crippen LogP contribution in [0.15, 0.2) is 54.9 Å². The maximum absolute atomic E-state index is 15.0. The van der Waals surface area contributed by atoms with E-state index in [0.29, 0.717) is 33.9 Å². The first-order valence-electron chi connectivity index (χ1n) is 11.9. The van der Waals surface area contributed by atoms with E-state index in [1.165, 1.54) is 31.6 Å². The molecule has 0 radical (unpaired) electrons. The van der Waals surface area contributed by atoms with Crippen molar-refractivity contribution in [2.45, 2.75) is 32.6 Å². The number of pyridine rings is 3. The van der Waals surface area contributed by atoms with Crippen molar-refractivity contribution in [3.63, 3.8) is 0 Å². The Kier molecular flexibility index (Phi) is 6.68. The Morgan fingerprint density at radius 2 is 1.97 bits per heavy atom. The molecule has 1 amide bonds. The van der Waals surface area contributed by atoms with Gasteiger partial charge in [-0.1, -0.05) is 6.08 Å². The van der Waals surface area contributed by atoms with Crippen LogP contribution in [0.2, 0.25) is 0 Å². The topological polar surface area (TPSA) is 106 Å². The van der Waals surface area contributed by atoms with Crippen LogP contribution >= 0.6 is 0 Å². The van der Waals surface area contributed by atoms with Crippen molar-refractivity contribution in [3.8, 4) is 23.1 Å².